The van der Waals surface area contributed by atoms with Crippen molar-refractivity contribution in [3.8, 4) is 11.8 Å². The number of carbonyl (C=O) groups is 1. The molecular weight excluding hydrogens is 182 g/mol. The van der Waals surface area contributed by atoms with Crippen molar-refractivity contribution in [2.75, 3.05) is 12.3 Å². The van der Waals surface area contributed by atoms with E-state index >= 15 is 0 Å². The van der Waals surface area contributed by atoms with Gasteiger partial charge in [-0.05, 0) is 19.3 Å². The lowest BCUT2D eigenvalue weighted by Crippen LogP contribution is -2.33. The average molecular weight is 197 g/mol. The highest BCUT2D eigenvalue weighted by Gasteiger charge is 2.27. The van der Waals surface area contributed by atoms with Crippen molar-refractivity contribution in [2.45, 2.75) is 32.1 Å². The Morgan fingerprint density at radius 2 is 2.46 bits per heavy atom. The third kappa shape index (κ3) is 2.67. The van der Waals surface area contributed by atoms with Crippen LogP contribution in [-0.2, 0) is 4.79 Å². The Morgan fingerprint density at radius 3 is 3.08 bits per heavy atom. The third-order valence-electron chi connectivity index (χ3n) is 2.02. The van der Waals surface area contributed by atoms with E-state index in [4.69, 9.17) is 0 Å². The van der Waals surface area contributed by atoms with E-state index < -0.39 is 0 Å². The highest BCUT2D eigenvalue weighted by Crippen LogP contribution is 2.26. The fourth-order valence-corrected chi connectivity index (χ4v) is 2.78. The first kappa shape index (κ1) is 10.5. The molecule has 0 bridgehead atoms. The summed E-state index contributed by atoms with van der Waals surface area (Å²) in [6, 6.07) is 0. The Balaban J connectivity index is 2.55. The second-order valence-corrected chi connectivity index (χ2v) is 4.27. The molecule has 0 aliphatic carbocycles. The van der Waals surface area contributed by atoms with Gasteiger partial charge in [0.25, 0.3) is 5.91 Å². The molecular formula is C10H15NOS. The summed E-state index contributed by atoms with van der Waals surface area (Å²) >= 11 is 1.87. The Hall–Kier alpha value is -0.620. The van der Waals surface area contributed by atoms with Crippen molar-refractivity contribution in [3.05, 3.63) is 0 Å². The topological polar surface area (TPSA) is 20.3 Å². The third-order valence-corrected chi connectivity index (χ3v) is 3.31. The number of hydrogen-bond donors (Lipinski definition) is 0. The first-order valence-electron chi connectivity index (χ1n) is 4.64. The van der Waals surface area contributed by atoms with E-state index in [2.05, 4.69) is 18.8 Å². The van der Waals surface area contributed by atoms with E-state index in [1.807, 2.05) is 16.7 Å². The molecule has 3 heteroatoms. The molecule has 0 spiro atoms. The summed E-state index contributed by atoms with van der Waals surface area (Å²) < 4.78 is 0. The maximum absolute atomic E-state index is 11.5. The Morgan fingerprint density at radius 1 is 1.69 bits per heavy atom. The van der Waals surface area contributed by atoms with E-state index in [0.29, 0.717) is 5.37 Å². The molecule has 1 rings (SSSR count). The number of nitrogens with zero attached hydrogens (tertiary/aromatic N) is 1. The molecule has 1 saturated heterocycles. The van der Waals surface area contributed by atoms with Crippen molar-refractivity contribution in [2.24, 2.45) is 0 Å². The van der Waals surface area contributed by atoms with E-state index in [0.717, 1.165) is 25.1 Å². The predicted molar refractivity (Wildman–Crippen MR) is 56.3 cm³/mol. The van der Waals surface area contributed by atoms with Gasteiger partial charge < -0.3 is 4.90 Å². The maximum Gasteiger partial charge on any atom is 0.299 e. The van der Waals surface area contributed by atoms with Crippen LogP contribution in [0.5, 0.6) is 0 Å². The minimum absolute atomic E-state index is 0.00838. The summed E-state index contributed by atoms with van der Waals surface area (Å²) in [4.78, 5) is 13.4. The normalized spacial score (nSPS) is 21.1. The van der Waals surface area contributed by atoms with Crippen molar-refractivity contribution in [3.63, 3.8) is 0 Å². The molecule has 1 atom stereocenters. The Bertz CT molecular complexity index is 241. The zero-order valence-corrected chi connectivity index (χ0v) is 8.99. The molecule has 1 heterocycles. The molecule has 0 aromatic rings. The molecule has 1 unspecified atom stereocenters. The molecule has 1 aliphatic heterocycles. The summed E-state index contributed by atoms with van der Waals surface area (Å²) in [6.07, 6.45) is 2.21. The lowest BCUT2D eigenvalue weighted by Gasteiger charge is -2.20. The number of carbonyl (C=O) groups excluding carboxylic acids is 1. The molecule has 0 radical (unpaired) electrons. The van der Waals surface area contributed by atoms with Gasteiger partial charge in [-0.15, -0.1) is 11.8 Å². The summed E-state index contributed by atoms with van der Waals surface area (Å²) in [5.74, 6) is 6.31. The Labute approximate surface area is 84.1 Å². The van der Waals surface area contributed by atoms with Gasteiger partial charge in [-0.1, -0.05) is 19.3 Å². The second-order valence-electron chi connectivity index (χ2n) is 2.99. The predicted octanol–water partition coefficient (Wildman–Crippen LogP) is 1.71. The van der Waals surface area contributed by atoms with Gasteiger partial charge in [-0.2, -0.15) is 0 Å². The lowest BCUT2D eigenvalue weighted by molar-refractivity contribution is -0.125. The van der Waals surface area contributed by atoms with E-state index in [9.17, 15) is 4.79 Å². The van der Waals surface area contributed by atoms with Gasteiger partial charge in [0.1, 0.15) is 0 Å². The van der Waals surface area contributed by atoms with Crippen LogP contribution in [0.3, 0.4) is 0 Å². The number of amides is 1. The molecule has 1 fully saturated rings. The maximum atomic E-state index is 11.5. The van der Waals surface area contributed by atoms with Crippen LogP contribution in [0, 0.1) is 11.8 Å². The summed E-state index contributed by atoms with van der Waals surface area (Å²) in [5.41, 5.74) is 0. The highest BCUT2D eigenvalue weighted by molar-refractivity contribution is 8.00. The molecule has 0 aromatic carbocycles. The van der Waals surface area contributed by atoms with Crippen molar-refractivity contribution in [1.29, 1.82) is 0 Å². The molecule has 0 aromatic heterocycles. The quantitative estimate of drug-likeness (QED) is 0.628. The van der Waals surface area contributed by atoms with Gasteiger partial charge in [0.15, 0.2) is 0 Å². The van der Waals surface area contributed by atoms with Crippen molar-refractivity contribution < 1.29 is 4.79 Å². The van der Waals surface area contributed by atoms with Gasteiger partial charge in [0.2, 0.25) is 0 Å². The van der Waals surface area contributed by atoms with Gasteiger partial charge in [0.05, 0.1) is 5.37 Å². The van der Waals surface area contributed by atoms with Crippen LogP contribution in [0.15, 0.2) is 0 Å². The van der Waals surface area contributed by atoms with Gasteiger partial charge in [-0.3, -0.25) is 4.79 Å². The largest absolute Gasteiger partial charge is 0.319 e. The van der Waals surface area contributed by atoms with Crippen LogP contribution in [0.1, 0.15) is 26.7 Å². The standard InChI is InChI=1S/C10H15NOS/c1-3-5-9(12)11-7-8-13-10(11)6-4-2/h10H,4,6-8H2,1-2H3. The number of thioether (sulfide) groups is 1. The van der Waals surface area contributed by atoms with Crippen LogP contribution in [-0.4, -0.2) is 28.5 Å². The van der Waals surface area contributed by atoms with Gasteiger partial charge >= 0.3 is 0 Å². The minimum Gasteiger partial charge on any atom is -0.319 e. The van der Waals surface area contributed by atoms with Crippen molar-refractivity contribution >= 4 is 17.7 Å². The molecule has 72 valence electrons. The first-order valence-corrected chi connectivity index (χ1v) is 5.69. The minimum atomic E-state index is -0.00838. The smallest absolute Gasteiger partial charge is 0.299 e. The van der Waals surface area contributed by atoms with Crippen LogP contribution in [0.2, 0.25) is 0 Å². The van der Waals surface area contributed by atoms with E-state index in [-0.39, 0.29) is 5.91 Å². The summed E-state index contributed by atoms with van der Waals surface area (Å²) in [6.45, 7) is 4.71. The van der Waals surface area contributed by atoms with Crippen molar-refractivity contribution in [1.82, 2.24) is 4.90 Å². The number of rotatable bonds is 2. The molecule has 2 nitrogen and oxygen atoms in total. The molecule has 1 aliphatic rings. The van der Waals surface area contributed by atoms with E-state index in [1.54, 1.807) is 6.92 Å². The van der Waals surface area contributed by atoms with Crippen LogP contribution >= 0.6 is 11.8 Å². The zero-order valence-electron chi connectivity index (χ0n) is 8.17. The van der Waals surface area contributed by atoms with Gasteiger partial charge in [-0.25, -0.2) is 0 Å². The van der Waals surface area contributed by atoms with Gasteiger partial charge in [0, 0.05) is 12.3 Å². The summed E-state index contributed by atoms with van der Waals surface area (Å²) in [5, 5.41) is 0.373. The number of hydrogen-bond acceptors (Lipinski definition) is 2. The van der Waals surface area contributed by atoms with Crippen LogP contribution in [0.4, 0.5) is 0 Å². The summed E-state index contributed by atoms with van der Waals surface area (Å²) in [7, 11) is 0. The average Bonchev–Trinajstić information content (AvgIpc) is 2.54. The molecule has 1 amide bonds. The fraction of sp³-hybridized carbons (Fsp3) is 0.700. The molecule has 0 N–H and O–H groups in total. The zero-order chi connectivity index (χ0) is 9.68. The second kappa shape index (κ2) is 5.18. The van der Waals surface area contributed by atoms with Crippen LogP contribution < -0.4 is 0 Å². The highest BCUT2D eigenvalue weighted by atomic mass is 32.2. The SMILES string of the molecule is CC#CC(=O)N1CCSC1CCC. The molecule has 13 heavy (non-hydrogen) atoms. The Kier molecular flexibility index (Phi) is 4.17. The monoisotopic (exact) mass is 197 g/mol. The fourth-order valence-electron chi connectivity index (χ4n) is 1.42. The molecule has 0 saturated carbocycles. The van der Waals surface area contributed by atoms with Crippen LogP contribution in [0.25, 0.3) is 0 Å². The van der Waals surface area contributed by atoms with E-state index in [1.165, 1.54) is 0 Å². The first-order chi connectivity index (χ1) is 6.29. The lowest BCUT2D eigenvalue weighted by atomic mass is 10.3.